The van der Waals surface area contributed by atoms with E-state index in [2.05, 4.69) is 20.4 Å². The molecule has 7 nitrogen and oxygen atoms in total. The number of carbonyl (C=O) groups is 1. The molecule has 0 saturated heterocycles. The zero-order valence-corrected chi connectivity index (χ0v) is 12.7. The normalized spacial score (nSPS) is 10.3. The number of nitrogens with zero attached hydrogens (tertiary/aromatic N) is 4. The van der Waals surface area contributed by atoms with Crippen molar-refractivity contribution < 1.29 is 9.53 Å². The Labute approximate surface area is 133 Å². The second-order valence-electron chi connectivity index (χ2n) is 4.91. The van der Waals surface area contributed by atoms with Gasteiger partial charge >= 0.3 is 0 Å². The first-order chi connectivity index (χ1) is 11.2. The lowest BCUT2D eigenvalue weighted by atomic mass is 10.2. The van der Waals surface area contributed by atoms with E-state index >= 15 is 0 Å². The smallest absolute Gasteiger partial charge is 0.256 e. The summed E-state index contributed by atoms with van der Waals surface area (Å²) >= 11 is 0. The van der Waals surface area contributed by atoms with E-state index in [1.165, 1.54) is 13.4 Å². The molecule has 0 aliphatic rings. The third-order valence-corrected chi connectivity index (χ3v) is 3.20. The van der Waals surface area contributed by atoms with Crippen molar-refractivity contribution in [1.82, 2.24) is 19.7 Å². The van der Waals surface area contributed by atoms with Gasteiger partial charge in [-0.2, -0.15) is 5.10 Å². The molecule has 7 heteroatoms. The number of ether oxygens (including phenoxy) is 1. The van der Waals surface area contributed by atoms with Gasteiger partial charge in [-0.05, 0) is 36.8 Å². The fourth-order valence-corrected chi connectivity index (χ4v) is 2.03. The van der Waals surface area contributed by atoms with E-state index in [9.17, 15) is 4.79 Å². The summed E-state index contributed by atoms with van der Waals surface area (Å²) in [5, 5.41) is 6.94. The van der Waals surface area contributed by atoms with Crippen LogP contribution < -0.4 is 10.1 Å². The maximum atomic E-state index is 12.2. The number of aryl methyl sites for hydroxylation is 1. The first-order valence-corrected chi connectivity index (χ1v) is 6.95. The van der Waals surface area contributed by atoms with E-state index < -0.39 is 0 Å². The number of hydrogen-bond acceptors (Lipinski definition) is 5. The molecule has 1 N–H and O–H groups in total. The largest absolute Gasteiger partial charge is 0.481 e. The predicted molar refractivity (Wildman–Crippen MR) is 84.8 cm³/mol. The number of anilines is 1. The minimum atomic E-state index is -0.256. The van der Waals surface area contributed by atoms with Crippen LogP contribution in [-0.2, 0) is 0 Å². The fourth-order valence-electron chi connectivity index (χ4n) is 2.03. The lowest BCUT2D eigenvalue weighted by Gasteiger charge is -2.06. The van der Waals surface area contributed by atoms with Crippen LogP contribution in [-0.4, -0.2) is 32.8 Å². The van der Waals surface area contributed by atoms with E-state index in [0.717, 1.165) is 11.3 Å². The molecule has 0 aliphatic heterocycles. The van der Waals surface area contributed by atoms with Gasteiger partial charge in [-0.3, -0.25) is 4.79 Å². The van der Waals surface area contributed by atoms with Crippen LogP contribution in [0.5, 0.6) is 5.88 Å². The Hall–Kier alpha value is -3.22. The van der Waals surface area contributed by atoms with E-state index in [4.69, 9.17) is 4.74 Å². The molecule has 0 aliphatic carbocycles. The van der Waals surface area contributed by atoms with Gasteiger partial charge in [0.2, 0.25) is 5.88 Å². The lowest BCUT2D eigenvalue weighted by Crippen LogP contribution is -2.13. The highest BCUT2D eigenvalue weighted by Crippen LogP contribution is 2.13. The van der Waals surface area contributed by atoms with Crippen molar-refractivity contribution in [2.24, 2.45) is 0 Å². The molecule has 0 saturated carbocycles. The highest BCUT2D eigenvalue weighted by molar-refractivity contribution is 6.03. The number of nitrogens with one attached hydrogen (secondary N) is 1. The maximum absolute atomic E-state index is 12.2. The molecule has 0 atom stereocenters. The number of aromatic nitrogens is 4. The van der Waals surface area contributed by atoms with Gasteiger partial charge in [-0.25, -0.2) is 14.6 Å². The summed E-state index contributed by atoms with van der Waals surface area (Å²) in [7, 11) is 1.50. The van der Waals surface area contributed by atoms with Crippen LogP contribution in [0.1, 0.15) is 15.9 Å². The molecule has 0 bridgehead atoms. The van der Waals surface area contributed by atoms with Crippen molar-refractivity contribution in [1.29, 1.82) is 0 Å². The van der Waals surface area contributed by atoms with Crippen LogP contribution in [0.2, 0.25) is 0 Å². The fraction of sp³-hybridized carbons (Fsp3) is 0.125. The van der Waals surface area contributed by atoms with Gasteiger partial charge in [0.15, 0.2) is 0 Å². The molecule has 2 aromatic heterocycles. The Bertz CT molecular complexity index is 826. The molecular formula is C16H15N5O2. The molecule has 1 aromatic carbocycles. The van der Waals surface area contributed by atoms with Crippen molar-refractivity contribution in [3.8, 4) is 11.6 Å². The van der Waals surface area contributed by atoms with Gasteiger partial charge in [0.25, 0.3) is 5.91 Å². The molecule has 3 aromatic rings. The zero-order valence-electron chi connectivity index (χ0n) is 12.7. The molecule has 0 fully saturated rings. The van der Waals surface area contributed by atoms with Crippen molar-refractivity contribution in [2.75, 3.05) is 12.4 Å². The zero-order chi connectivity index (χ0) is 16.2. The average molecular weight is 309 g/mol. The van der Waals surface area contributed by atoms with Gasteiger partial charge < -0.3 is 10.1 Å². The lowest BCUT2D eigenvalue weighted by molar-refractivity contribution is 0.102. The van der Waals surface area contributed by atoms with Crippen LogP contribution in [0.15, 0.2) is 49.1 Å². The second-order valence-corrected chi connectivity index (χ2v) is 4.91. The summed E-state index contributed by atoms with van der Waals surface area (Å²) in [5.41, 5.74) is 2.48. The third kappa shape index (κ3) is 3.34. The number of amides is 1. The summed E-state index contributed by atoms with van der Waals surface area (Å²) < 4.78 is 6.75. The maximum Gasteiger partial charge on any atom is 0.256 e. The van der Waals surface area contributed by atoms with Gasteiger partial charge in [-0.1, -0.05) is 0 Å². The number of carbonyl (C=O) groups excluding carboxylic acids is 1. The van der Waals surface area contributed by atoms with Crippen molar-refractivity contribution in [2.45, 2.75) is 6.92 Å². The van der Waals surface area contributed by atoms with Gasteiger partial charge in [0.05, 0.1) is 19.0 Å². The van der Waals surface area contributed by atoms with E-state index in [-0.39, 0.29) is 5.91 Å². The van der Waals surface area contributed by atoms with Gasteiger partial charge in [0.1, 0.15) is 12.1 Å². The van der Waals surface area contributed by atoms with Gasteiger partial charge in [-0.15, -0.1) is 0 Å². The number of methoxy groups -OCH3 is 1. The number of rotatable bonds is 4. The summed E-state index contributed by atoms with van der Waals surface area (Å²) in [6.45, 7) is 1.97. The van der Waals surface area contributed by atoms with Crippen LogP contribution in [0.25, 0.3) is 5.69 Å². The summed E-state index contributed by atoms with van der Waals surface area (Å²) in [5.74, 6) is 0.516. The monoisotopic (exact) mass is 309 g/mol. The summed E-state index contributed by atoms with van der Waals surface area (Å²) in [4.78, 5) is 20.1. The third-order valence-electron chi connectivity index (χ3n) is 3.20. The molecule has 1 amide bonds. The van der Waals surface area contributed by atoms with Crippen molar-refractivity contribution in [3.63, 3.8) is 0 Å². The second kappa shape index (κ2) is 6.27. The van der Waals surface area contributed by atoms with Crippen LogP contribution >= 0.6 is 0 Å². The van der Waals surface area contributed by atoms with Crippen LogP contribution in [0, 0.1) is 6.92 Å². The van der Waals surface area contributed by atoms with Crippen LogP contribution in [0.3, 0.4) is 0 Å². The molecular weight excluding hydrogens is 294 g/mol. The first kappa shape index (κ1) is 14.7. The van der Waals surface area contributed by atoms with Crippen molar-refractivity contribution >= 4 is 11.7 Å². The highest BCUT2D eigenvalue weighted by atomic mass is 16.5. The minimum absolute atomic E-state index is 0.256. The standard InChI is InChI=1S/C16H15N5O2/c1-11-8-19-21(9-11)13-5-3-12(4-6-13)16(22)20-14-7-15(23-2)18-10-17-14/h3-10H,1-2H3,(H,17,18,20,22). The molecule has 0 spiro atoms. The summed E-state index contributed by atoms with van der Waals surface area (Å²) in [6.07, 6.45) is 5.03. The Morgan fingerprint density at radius 1 is 1.22 bits per heavy atom. The molecule has 2 heterocycles. The van der Waals surface area contributed by atoms with Crippen LogP contribution in [0.4, 0.5) is 5.82 Å². The number of hydrogen-bond donors (Lipinski definition) is 1. The molecule has 0 unspecified atom stereocenters. The molecule has 116 valence electrons. The van der Waals surface area contributed by atoms with E-state index in [1.54, 1.807) is 29.1 Å². The predicted octanol–water partition coefficient (Wildman–Crippen LogP) is 2.23. The molecule has 3 rings (SSSR count). The quantitative estimate of drug-likeness (QED) is 0.799. The Morgan fingerprint density at radius 2 is 2.00 bits per heavy atom. The Morgan fingerprint density at radius 3 is 2.65 bits per heavy atom. The van der Waals surface area contributed by atoms with E-state index in [0.29, 0.717) is 17.3 Å². The number of benzene rings is 1. The minimum Gasteiger partial charge on any atom is -0.481 e. The SMILES string of the molecule is COc1cc(NC(=O)c2ccc(-n3cc(C)cn3)cc2)ncn1. The average Bonchev–Trinajstić information content (AvgIpc) is 3.01. The van der Waals surface area contributed by atoms with Crippen molar-refractivity contribution in [3.05, 3.63) is 60.2 Å². The topological polar surface area (TPSA) is 81.9 Å². The van der Waals surface area contributed by atoms with Gasteiger partial charge in [0, 0.05) is 17.8 Å². The molecule has 0 radical (unpaired) electrons. The first-order valence-electron chi connectivity index (χ1n) is 6.95. The Kier molecular flexibility index (Phi) is 4.01. The summed E-state index contributed by atoms with van der Waals surface area (Å²) in [6, 6.07) is 8.70. The molecule has 23 heavy (non-hydrogen) atoms. The Balaban J connectivity index is 1.75. The van der Waals surface area contributed by atoms with E-state index in [1.807, 2.05) is 25.3 Å². The highest BCUT2D eigenvalue weighted by Gasteiger charge is 2.08.